The van der Waals surface area contributed by atoms with Crippen molar-refractivity contribution in [2.24, 2.45) is 0 Å². The van der Waals surface area contributed by atoms with Crippen molar-refractivity contribution in [1.29, 1.82) is 0 Å². The van der Waals surface area contributed by atoms with Crippen LogP contribution in [-0.2, 0) is 10.5 Å². The van der Waals surface area contributed by atoms with Crippen LogP contribution in [0, 0.1) is 0 Å². The first-order valence-corrected chi connectivity index (χ1v) is 7.33. The molecule has 0 radical (unpaired) electrons. The SMILES string of the molecule is CN(C)CCSCc1sccc1C=CC(=O)O. The zero-order chi connectivity index (χ0) is 12.7. The smallest absolute Gasteiger partial charge is 0.328 e. The summed E-state index contributed by atoms with van der Waals surface area (Å²) < 4.78 is 0. The molecule has 1 N–H and O–H groups in total. The molecular weight excluding hydrogens is 254 g/mol. The topological polar surface area (TPSA) is 40.5 Å². The molecule has 0 bridgehead atoms. The van der Waals surface area contributed by atoms with Gasteiger partial charge in [0, 0.05) is 29.0 Å². The van der Waals surface area contributed by atoms with Gasteiger partial charge in [-0.05, 0) is 37.2 Å². The fraction of sp³-hybridized carbons (Fsp3) is 0.417. The van der Waals surface area contributed by atoms with E-state index < -0.39 is 5.97 Å². The Hall–Kier alpha value is -0.780. The van der Waals surface area contributed by atoms with E-state index in [0.717, 1.165) is 23.6 Å². The number of carboxylic acid groups (broad SMARTS) is 1. The molecule has 1 heterocycles. The van der Waals surface area contributed by atoms with Gasteiger partial charge in [-0.3, -0.25) is 0 Å². The molecule has 0 aliphatic rings. The fourth-order valence-corrected chi connectivity index (χ4v) is 3.35. The Morgan fingerprint density at radius 1 is 1.59 bits per heavy atom. The average Bonchev–Trinajstić information content (AvgIpc) is 2.68. The summed E-state index contributed by atoms with van der Waals surface area (Å²) in [6.07, 6.45) is 2.86. The fourth-order valence-electron chi connectivity index (χ4n) is 1.19. The van der Waals surface area contributed by atoms with Crippen LogP contribution in [0.4, 0.5) is 0 Å². The highest BCUT2D eigenvalue weighted by Gasteiger charge is 2.02. The largest absolute Gasteiger partial charge is 0.478 e. The molecular formula is C12H17NO2S2. The molecule has 0 aromatic carbocycles. The predicted molar refractivity (Wildman–Crippen MR) is 75.7 cm³/mol. The van der Waals surface area contributed by atoms with Crippen molar-refractivity contribution in [3.63, 3.8) is 0 Å². The Bertz CT molecular complexity index is 386. The van der Waals surface area contributed by atoms with Crippen LogP contribution in [0.25, 0.3) is 6.08 Å². The van der Waals surface area contributed by atoms with Crippen LogP contribution in [-0.4, -0.2) is 42.4 Å². The molecule has 3 nitrogen and oxygen atoms in total. The number of thioether (sulfide) groups is 1. The van der Waals surface area contributed by atoms with E-state index in [1.807, 2.05) is 23.2 Å². The maximum absolute atomic E-state index is 10.4. The Morgan fingerprint density at radius 3 is 3.00 bits per heavy atom. The minimum atomic E-state index is -0.901. The summed E-state index contributed by atoms with van der Waals surface area (Å²) in [5.74, 6) is 1.14. The monoisotopic (exact) mass is 271 g/mol. The van der Waals surface area contributed by atoms with E-state index in [0.29, 0.717) is 0 Å². The second-order valence-electron chi connectivity index (χ2n) is 3.83. The van der Waals surface area contributed by atoms with Gasteiger partial charge in [0.2, 0.25) is 0 Å². The van der Waals surface area contributed by atoms with Crippen LogP contribution in [0.15, 0.2) is 17.5 Å². The zero-order valence-corrected chi connectivity index (χ0v) is 11.7. The van der Waals surface area contributed by atoms with Crippen LogP contribution >= 0.6 is 23.1 Å². The van der Waals surface area contributed by atoms with Gasteiger partial charge in [-0.1, -0.05) is 0 Å². The number of aliphatic carboxylic acids is 1. The molecule has 0 atom stereocenters. The van der Waals surface area contributed by atoms with E-state index in [-0.39, 0.29) is 0 Å². The molecule has 17 heavy (non-hydrogen) atoms. The quantitative estimate of drug-likeness (QED) is 0.611. The van der Waals surface area contributed by atoms with Gasteiger partial charge in [-0.15, -0.1) is 11.3 Å². The number of rotatable bonds is 7. The minimum Gasteiger partial charge on any atom is -0.478 e. The molecule has 1 aromatic heterocycles. The van der Waals surface area contributed by atoms with E-state index in [1.165, 1.54) is 11.0 Å². The van der Waals surface area contributed by atoms with Crippen molar-refractivity contribution in [1.82, 2.24) is 4.90 Å². The molecule has 0 spiro atoms. The summed E-state index contributed by atoms with van der Waals surface area (Å²) in [7, 11) is 4.12. The number of thiophene rings is 1. The maximum atomic E-state index is 10.4. The van der Waals surface area contributed by atoms with E-state index in [1.54, 1.807) is 17.4 Å². The first-order chi connectivity index (χ1) is 8.09. The van der Waals surface area contributed by atoms with Gasteiger partial charge < -0.3 is 10.0 Å². The van der Waals surface area contributed by atoms with Crippen LogP contribution in [0.1, 0.15) is 10.4 Å². The summed E-state index contributed by atoms with van der Waals surface area (Å²) in [5.41, 5.74) is 1.02. The van der Waals surface area contributed by atoms with Crippen LogP contribution < -0.4 is 0 Å². The normalized spacial score (nSPS) is 11.5. The molecule has 0 saturated heterocycles. The third kappa shape index (κ3) is 5.91. The summed E-state index contributed by atoms with van der Waals surface area (Å²) in [6, 6.07) is 1.96. The van der Waals surface area contributed by atoms with E-state index in [9.17, 15) is 4.79 Å². The van der Waals surface area contributed by atoms with Gasteiger partial charge in [0.1, 0.15) is 0 Å². The summed E-state index contributed by atoms with van der Waals surface area (Å²) in [5, 5.41) is 10.6. The van der Waals surface area contributed by atoms with Gasteiger partial charge in [0.25, 0.3) is 0 Å². The molecule has 0 aliphatic carbocycles. The third-order valence-electron chi connectivity index (χ3n) is 2.10. The lowest BCUT2D eigenvalue weighted by atomic mass is 10.2. The standard InChI is InChI=1S/C12H17NO2S2/c1-13(2)6-8-16-9-11-10(5-7-17-11)3-4-12(14)15/h3-5,7H,6,8-9H2,1-2H3,(H,14,15). The van der Waals surface area contributed by atoms with Crippen molar-refractivity contribution in [3.8, 4) is 0 Å². The zero-order valence-electron chi connectivity index (χ0n) is 10.0. The third-order valence-corrected chi connectivity index (χ3v) is 4.18. The first-order valence-electron chi connectivity index (χ1n) is 5.29. The van der Waals surface area contributed by atoms with Crippen molar-refractivity contribution in [2.75, 3.05) is 26.4 Å². The average molecular weight is 271 g/mol. The molecule has 5 heteroatoms. The van der Waals surface area contributed by atoms with Crippen LogP contribution in [0.5, 0.6) is 0 Å². The highest BCUT2D eigenvalue weighted by Crippen LogP contribution is 2.23. The van der Waals surface area contributed by atoms with E-state index >= 15 is 0 Å². The molecule has 0 amide bonds. The summed E-state index contributed by atoms with van der Waals surface area (Å²) in [4.78, 5) is 13.8. The van der Waals surface area contributed by atoms with E-state index in [2.05, 4.69) is 19.0 Å². The summed E-state index contributed by atoms with van der Waals surface area (Å²) >= 11 is 3.56. The Morgan fingerprint density at radius 2 is 2.35 bits per heavy atom. The maximum Gasteiger partial charge on any atom is 0.328 e. The molecule has 1 rings (SSSR count). The lowest BCUT2D eigenvalue weighted by molar-refractivity contribution is -0.131. The predicted octanol–water partition coefficient (Wildman–Crippen LogP) is 2.64. The first kappa shape index (κ1) is 14.3. The second-order valence-corrected chi connectivity index (χ2v) is 5.93. The lowest BCUT2D eigenvalue weighted by Gasteiger charge is -2.08. The molecule has 0 unspecified atom stereocenters. The Labute approximate surface area is 110 Å². The van der Waals surface area contributed by atoms with Crippen LogP contribution in [0.3, 0.4) is 0 Å². The van der Waals surface area contributed by atoms with Gasteiger partial charge in [-0.25, -0.2) is 4.79 Å². The van der Waals surface area contributed by atoms with Gasteiger partial charge in [0.05, 0.1) is 0 Å². The molecule has 0 aliphatic heterocycles. The second kappa shape index (κ2) is 7.53. The van der Waals surface area contributed by atoms with Gasteiger partial charge in [0.15, 0.2) is 0 Å². The number of carboxylic acids is 1. The highest BCUT2D eigenvalue weighted by molar-refractivity contribution is 7.98. The van der Waals surface area contributed by atoms with Gasteiger partial charge >= 0.3 is 5.97 Å². The molecule has 1 aromatic rings. The Balaban J connectivity index is 2.43. The number of carbonyl (C=O) groups is 1. The number of hydrogen-bond donors (Lipinski definition) is 1. The lowest BCUT2D eigenvalue weighted by Crippen LogP contribution is -2.14. The van der Waals surface area contributed by atoms with Crippen LogP contribution in [0.2, 0.25) is 0 Å². The van der Waals surface area contributed by atoms with Crippen molar-refractivity contribution in [2.45, 2.75) is 5.75 Å². The highest BCUT2D eigenvalue weighted by atomic mass is 32.2. The molecule has 0 saturated carbocycles. The van der Waals surface area contributed by atoms with Gasteiger partial charge in [-0.2, -0.15) is 11.8 Å². The number of hydrogen-bond acceptors (Lipinski definition) is 4. The van der Waals surface area contributed by atoms with Crippen molar-refractivity contribution in [3.05, 3.63) is 28.0 Å². The van der Waals surface area contributed by atoms with E-state index in [4.69, 9.17) is 5.11 Å². The van der Waals surface area contributed by atoms with Crippen molar-refractivity contribution < 1.29 is 9.90 Å². The number of nitrogens with zero attached hydrogens (tertiary/aromatic N) is 1. The Kier molecular flexibility index (Phi) is 6.32. The molecule has 94 valence electrons. The molecule has 0 fully saturated rings. The minimum absolute atomic E-state index is 0.901. The summed E-state index contributed by atoms with van der Waals surface area (Å²) in [6.45, 7) is 1.07. The van der Waals surface area contributed by atoms with Crippen molar-refractivity contribution >= 4 is 35.1 Å².